The number of rotatable bonds is 8. The van der Waals surface area contributed by atoms with Gasteiger partial charge < -0.3 is 20.1 Å². The summed E-state index contributed by atoms with van der Waals surface area (Å²) < 4.78 is 10.9. The first kappa shape index (κ1) is 20.5. The van der Waals surface area contributed by atoms with Crippen LogP contribution in [-0.4, -0.2) is 30.2 Å². The maximum atomic E-state index is 5.73. The summed E-state index contributed by atoms with van der Waals surface area (Å²) in [6.07, 6.45) is 1.55. The summed E-state index contributed by atoms with van der Waals surface area (Å²) >= 11 is 0. The smallest absolute Gasteiger partial charge is 0.135 e. The van der Waals surface area contributed by atoms with E-state index in [4.69, 9.17) is 9.47 Å². The van der Waals surface area contributed by atoms with Gasteiger partial charge in [-0.2, -0.15) is 0 Å². The van der Waals surface area contributed by atoms with Gasteiger partial charge in [0.25, 0.3) is 0 Å². The number of aromatic nitrogens is 2. The van der Waals surface area contributed by atoms with Gasteiger partial charge in [0.15, 0.2) is 0 Å². The van der Waals surface area contributed by atoms with Crippen LogP contribution >= 0.6 is 0 Å². The molecule has 0 aliphatic carbocycles. The van der Waals surface area contributed by atoms with Crippen molar-refractivity contribution < 1.29 is 9.47 Å². The molecule has 0 saturated carbocycles. The first-order chi connectivity index (χ1) is 14.0. The van der Waals surface area contributed by atoms with Gasteiger partial charge in [0.2, 0.25) is 0 Å². The summed E-state index contributed by atoms with van der Waals surface area (Å²) in [4.78, 5) is 8.63. The number of anilines is 3. The van der Waals surface area contributed by atoms with Crippen molar-refractivity contribution in [2.24, 2.45) is 0 Å². The molecule has 6 nitrogen and oxygen atoms in total. The van der Waals surface area contributed by atoms with Gasteiger partial charge in [-0.15, -0.1) is 0 Å². The minimum atomic E-state index is 0.0382. The molecule has 0 fully saturated rings. The summed E-state index contributed by atoms with van der Waals surface area (Å²) in [7, 11) is 1.65. The van der Waals surface area contributed by atoms with Crippen LogP contribution in [-0.2, 0) is 5.41 Å². The molecule has 0 saturated heterocycles. The lowest BCUT2D eigenvalue weighted by atomic mass is 9.86. The first-order valence-corrected chi connectivity index (χ1v) is 9.65. The van der Waals surface area contributed by atoms with E-state index in [0.29, 0.717) is 13.2 Å². The summed E-state index contributed by atoms with van der Waals surface area (Å²) in [5.74, 6) is 3.10. The molecule has 1 heterocycles. The van der Waals surface area contributed by atoms with Crippen LogP contribution < -0.4 is 20.1 Å². The highest BCUT2D eigenvalue weighted by Crippen LogP contribution is 2.31. The van der Waals surface area contributed by atoms with E-state index in [-0.39, 0.29) is 5.41 Å². The summed E-state index contributed by atoms with van der Waals surface area (Å²) in [6, 6.07) is 17.7. The van der Waals surface area contributed by atoms with E-state index in [0.717, 1.165) is 28.8 Å². The molecule has 2 aromatic carbocycles. The Hall–Kier alpha value is -3.28. The monoisotopic (exact) mass is 392 g/mol. The molecule has 1 aromatic heterocycles. The average molecular weight is 393 g/mol. The van der Waals surface area contributed by atoms with Crippen LogP contribution in [0.15, 0.2) is 60.9 Å². The fourth-order valence-electron chi connectivity index (χ4n) is 2.93. The van der Waals surface area contributed by atoms with Crippen LogP contribution in [0, 0.1) is 0 Å². The fraction of sp³-hybridized carbons (Fsp3) is 0.304. The molecule has 0 unspecified atom stereocenters. The third-order valence-electron chi connectivity index (χ3n) is 4.40. The Labute approximate surface area is 172 Å². The predicted molar refractivity (Wildman–Crippen MR) is 117 cm³/mol. The molecule has 0 atom stereocenters. The molecule has 6 heteroatoms. The Balaban J connectivity index is 1.56. The number of para-hydroxylation sites is 1. The van der Waals surface area contributed by atoms with Crippen molar-refractivity contribution in [2.45, 2.75) is 26.2 Å². The standard InChI is InChI=1S/C23H28N4O2/c1-23(2,3)19-7-5-6-8-20(19)27-22-15-21(25-16-26-22)24-13-14-29-18-11-9-17(28-4)10-12-18/h5-12,15-16H,13-14H2,1-4H3,(H2,24,25,26,27). The van der Waals surface area contributed by atoms with E-state index in [2.05, 4.69) is 59.6 Å². The van der Waals surface area contributed by atoms with Crippen LogP contribution in [0.1, 0.15) is 26.3 Å². The van der Waals surface area contributed by atoms with Gasteiger partial charge in [0, 0.05) is 11.8 Å². The lowest BCUT2D eigenvalue weighted by molar-refractivity contribution is 0.331. The molecular weight excluding hydrogens is 364 g/mol. The van der Waals surface area contributed by atoms with Gasteiger partial charge >= 0.3 is 0 Å². The van der Waals surface area contributed by atoms with Gasteiger partial charge in [-0.1, -0.05) is 39.0 Å². The average Bonchev–Trinajstić information content (AvgIpc) is 2.72. The Bertz CT molecular complexity index is 921. The number of hydrogen-bond acceptors (Lipinski definition) is 6. The quantitative estimate of drug-likeness (QED) is 0.525. The molecule has 0 aliphatic heterocycles. The summed E-state index contributed by atoms with van der Waals surface area (Å²) in [6.45, 7) is 7.74. The number of ether oxygens (including phenoxy) is 2. The summed E-state index contributed by atoms with van der Waals surface area (Å²) in [5, 5.41) is 6.68. The number of benzene rings is 2. The van der Waals surface area contributed by atoms with Gasteiger partial charge in [-0.25, -0.2) is 9.97 Å². The van der Waals surface area contributed by atoms with Crippen LogP contribution in [0.25, 0.3) is 0 Å². The number of hydrogen-bond donors (Lipinski definition) is 2. The number of methoxy groups -OCH3 is 1. The minimum Gasteiger partial charge on any atom is -0.497 e. The topological polar surface area (TPSA) is 68.3 Å². The van der Waals surface area contributed by atoms with E-state index in [1.807, 2.05) is 36.4 Å². The van der Waals surface area contributed by atoms with E-state index < -0.39 is 0 Å². The second-order valence-electron chi connectivity index (χ2n) is 7.66. The third-order valence-corrected chi connectivity index (χ3v) is 4.40. The van der Waals surface area contributed by atoms with E-state index in [9.17, 15) is 0 Å². The van der Waals surface area contributed by atoms with Crippen molar-refractivity contribution in [1.82, 2.24) is 9.97 Å². The second kappa shape index (κ2) is 9.28. The highest BCUT2D eigenvalue weighted by Gasteiger charge is 2.17. The van der Waals surface area contributed by atoms with E-state index in [1.54, 1.807) is 13.4 Å². The van der Waals surface area contributed by atoms with Gasteiger partial charge in [-0.05, 0) is 41.3 Å². The van der Waals surface area contributed by atoms with Crippen molar-refractivity contribution in [3.63, 3.8) is 0 Å². The van der Waals surface area contributed by atoms with Crippen molar-refractivity contribution in [1.29, 1.82) is 0 Å². The predicted octanol–water partition coefficient (Wildman–Crippen LogP) is 5.02. The molecule has 152 valence electrons. The van der Waals surface area contributed by atoms with E-state index in [1.165, 1.54) is 5.56 Å². The zero-order chi connectivity index (χ0) is 20.7. The lowest BCUT2D eigenvalue weighted by Gasteiger charge is -2.23. The second-order valence-corrected chi connectivity index (χ2v) is 7.66. The summed E-state index contributed by atoms with van der Waals surface area (Å²) in [5.41, 5.74) is 2.32. The SMILES string of the molecule is COc1ccc(OCCNc2cc(Nc3ccccc3C(C)(C)C)ncn2)cc1. The van der Waals surface area contributed by atoms with E-state index >= 15 is 0 Å². The Morgan fingerprint density at radius 1 is 0.897 bits per heavy atom. The third kappa shape index (κ3) is 5.85. The molecule has 29 heavy (non-hydrogen) atoms. The van der Waals surface area contributed by atoms with Crippen molar-refractivity contribution in [3.8, 4) is 11.5 Å². The number of nitrogens with zero attached hydrogens (tertiary/aromatic N) is 2. The Kier molecular flexibility index (Phi) is 6.54. The van der Waals surface area contributed by atoms with Crippen LogP contribution in [0.2, 0.25) is 0 Å². The van der Waals surface area contributed by atoms with Crippen LogP contribution in [0.3, 0.4) is 0 Å². The van der Waals surface area contributed by atoms with Crippen molar-refractivity contribution in [2.75, 3.05) is 30.9 Å². The molecule has 3 aromatic rings. The largest absolute Gasteiger partial charge is 0.497 e. The molecule has 0 aliphatic rings. The van der Waals surface area contributed by atoms with Crippen LogP contribution in [0.4, 0.5) is 17.3 Å². The van der Waals surface area contributed by atoms with Gasteiger partial charge in [0.1, 0.15) is 36.1 Å². The highest BCUT2D eigenvalue weighted by atomic mass is 16.5. The Morgan fingerprint density at radius 3 is 2.31 bits per heavy atom. The molecule has 0 radical (unpaired) electrons. The first-order valence-electron chi connectivity index (χ1n) is 9.65. The fourth-order valence-corrected chi connectivity index (χ4v) is 2.93. The van der Waals surface area contributed by atoms with Crippen LogP contribution in [0.5, 0.6) is 11.5 Å². The highest BCUT2D eigenvalue weighted by molar-refractivity contribution is 5.63. The Morgan fingerprint density at radius 2 is 1.59 bits per heavy atom. The van der Waals surface area contributed by atoms with Gasteiger partial charge in [-0.3, -0.25) is 0 Å². The molecular formula is C23H28N4O2. The van der Waals surface area contributed by atoms with Gasteiger partial charge in [0.05, 0.1) is 13.7 Å². The van der Waals surface area contributed by atoms with Crippen molar-refractivity contribution in [3.05, 3.63) is 66.5 Å². The zero-order valence-electron chi connectivity index (χ0n) is 17.4. The molecule has 2 N–H and O–H groups in total. The minimum absolute atomic E-state index is 0.0382. The maximum absolute atomic E-state index is 5.73. The zero-order valence-corrected chi connectivity index (χ0v) is 17.4. The molecule has 0 spiro atoms. The normalized spacial score (nSPS) is 11.0. The molecule has 0 bridgehead atoms. The molecule has 3 rings (SSSR count). The van der Waals surface area contributed by atoms with Crippen molar-refractivity contribution >= 4 is 17.3 Å². The molecule has 0 amide bonds. The lowest BCUT2D eigenvalue weighted by Crippen LogP contribution is -2.14. The number of nitrogens with one attached hydrogen (secondary N) is 2. The maximum Gasteiger partial charge on any atom is 0.135 e.